The Hall–Kier alpha value is -2.73. The van der Waals surface area contributed by atoms with Crippen LogP contribution in [0.4, 0.5) is 5.69 Å². The molecule has 24 heavy (non-hydrogen) atoms. The largest absolute Gasteiger partial charge is 0.497 e. The minimum absolute atomic E-state index is 0.0645. The van der Waals surface area contributed by atoms with Gasteiger partial charge in [0.1, 0.15) is 5.75 Å². The van der Waals surface area contributed by atoms with Crippen molar-refractivity contribution in [2.45, 2.75) is 12.1 Å². The molecule has 0 aliphatic carbocycles. The molecule has 0 saturated carbocycles. The quantitative estimate of drug-likeness (QED) is 0.808. The van der Waals surface area contributed by atoms with Crippen LogP contribution in [0.3, 0.4) is 0 Å². The van der Waals surface area contributed by atoms with Gasteiger partial charge in [-0.3, -0.25) is 9.69 Å². The number of nitrogens with zero attached hydrogens (tertiary/aromatic N) is 1. The maximum Gasteiger partial charge on any atom is 0.259 e. The van der Waals surface area contributed by atoms with Gasteiger partial charge in [0, 0.05) is 12.8 Å². The van der Waals surface area contributed by atoms with Gasteiger partial charge < -0.3 is 18.9 Å². The van der Waals surface area contributed by atoms with Gasteiger partial charge in [-0.05, 0) is 42.0 Å². The number of carbonyl (C=O) groups is 1. The van der Waals surface area contributed by atoms with Crippen molar-refractivity contribution in [3.8, 4) is 17.2 Å². The number of β-lactam (4-membered cyclic amide) rings is 1. The Labute approximate surface area is 139 Å². The molecular formula is C18H17NO5. The van der Waals surface area contributed by atoms with Gasteiger partial charge >= 0.3 is 0 Å². The highest BCUT2D eigenvalue weighted by Gasteiger charge is 2.49. The Kier molecular flexibility index (Phi) is 3.54. The number of carbonyl (C=O) groups excluding carboxylic acids is 1. The lowest BCUT2D eigenvalue weighted by Crippen LogP contribution is -2.59. The first-order valence-corrected chi connectivity index (χ1v) is 7.62. The number of ether oxygens (including phenoxy) is 4. The van der Waals surface area contributed by atoms with Gasteiger partial charge in [-0.1, -0.05) is 6.07 Å². The second kappa shape index (κ2) is 5.72. The summed E-state index contributed by atoms with van der Waals surface area (Å²) in [6.07, 6.45) is -0.507. The molecule has 0 bridgehead atoms. The zero-order valence-corrected chi connectivity index (χ0v) is 13.4. The average molecular weight is 327 g/mol. The smallest absolute Gasteiger partial charge is 0.259 e. The molecule has 2 aromatic rings. The predicted octanol–water partition coefficient (Wildman–Crippen LogP) is 2.53. The molecule has 4 rings (SSSR count). The molecule has 2 aliphatic rings. The first-order chi connectivity index (χ1) is 11.7. The first-order valence-electron chi connectivity index (χ1n) is 7.62. The summed E-state index contributed by atoms with van der Waals surface area (Å²) in [6, 6.07) is 12.9. The van der Waals surface area contributed by atoms with E-state index < -0.39 is 6.10 Å². The molecule has 1 fully saturated rings. The zero-order valence-electron chi connectivity index (χ0n) is 13.4. The molecule has 1 saturated heterocycles. The lowest BCUT2D eigenvalue weighted by molar-refractivity contribution is -0.139. The molecule has 2 atom stereocenters. The summed E-state index contributed by atoms with van der Waals surface area (Å²) in [4.78, 5) is 14.2. The highest BCUT2D eigenvalue weighted by atomic mass is 16.7. The second-order valence-electron chi connectivity index (χ2n) is 5.62. The van der Waals surface area contributed by atoms with E-state index in [0.717, 1.165) is 22.7 Å². The SMILES string of the molecule is COc1ccc(N2C(=O)C(OC)C2c2ccc3c(c2)OCO3)cc1. The molecule has 0 spiro atoms. The van der Waals surface area contributed by atoms with Gasteiger partial charge in [0.25, 0.3) is 5.91 Å². The molecule has 6 heteroatoms. The Morgan fingerprint density at radius 1 is 1.04 bits per heavy atom. The molecule has 2 heterocycles. The minimum Gasteiger partial charge on any atom is -0.497 e. The molecule has 2 aliphatic heterocycles. The first kappa shape index (κ1) is 14.8. The maximum atomic E-state index is 12.5. The molecule has 0 radical (unpaired) electrons. The van der Waals surface area contributed by atoms with Gasteiger partial charge in [-0.15, -0.1) is 0 Å². The molecule has 2 unspecified atom stereocenters. The molecule has 2 aromatic carbocycles. The molecule has 1 amide bonds. The van der Waals surface area contributed by atoms with E-state index in [1.54, 1.807) is 19.1 Å². The van der Waals surface area contributed by atoms with E-state index in [2.05, 4.69) is 0 Å². The van der Waals surface area contributed by atoms with Crippen molar-refractivity contribution < 1.29 is 23.7 Å². The number of hydrogen-bond donors (Lipinski definition) is 0. The van der Waals surface area contributed by atoms with Crippen molar-refractivity contribution in [3.63, 3.8) is 0 Å². The van der Waals surface area contributed by atoms with Crippen LogP contribution >= 0.6 is 0 Å². The zero-order chi connectivity index (χ0) is 16.7. The fourth-order valence-electron chi connectivity index (χ4n) is 3.14. The normalized spacial score (nSPS) is 21.6. The van der Waals surface area contributed by atoms with Crippen molar-refractivity contribution in [1.29, 1.82) is 0 Å². The van der Waals surface area contributed by atoms with Crippen LogP contribution in [0.2, 0.25) is 0 Å². The number of fused-ring (bicyclic) bond motifs is 1. The summed E-state index contributed by atoms with van der Waals surface area (Å²) in [5.41, 5.74) is 1.75. The third-order valence-electron chi connectivity index (χ3n) is 4.39. The second-order valence-corrected chi connectivity index (χ2v) is 5.62. The number of anilines is 1. The summed E-state index contributed by atoms with van der Waals surface area (Å²) in [5.74, 6) is 2.09. The average Bonchev–Trinajstić information content (AvgIpc) is 3.08. The van der Waals surface area contributed by atoms with Crippen molar-refractivity contribution >= 4 is 11.6 Å². The van der Waals surface area contributed by atoms with Crippen LogP contribution in [0.1, 0.15) is 11.6 Å². The summed E-state index contributed by atoms with van der Waals surface area (Å²) >= 11 is 0. The molecule has 6 nitrogen and oxygen atoms in total. The van der Waals surface area contributed by atoms with E-state index in [0.29, 0.717) is 5.75 Å². The van der Waals surface area contributed by atoms with Crippen LogP contribution in [0, 0.1) is 0 Å². The summed E-state index contributed by atoms with van der Waals surface area (Å²) in [7, 11) is 3.16. The highest BCUT2D eigenvalue weighted by Crippen LogP contribution is 2.44. The van der Waals surface area contributed by atoms with Crippen LogP contribution in [-0.2, 0) is 9.53 Å². The number of hydrogen-bond acceptors (Lipinski definition) is 5. The summed E-state index contributed by atoms with van der Waals surface area (Å²) in [6.45, 7) is 0.221. The molecular weight excluding hydrogens is 310 g/mol. The number of amides is 1. The topological polar surface area (TPSA) is 57.2 Å². The third-order valence-corrected chi connectivity index (χ3v) is 4.39. The van der Waals surface area contributed by atoms with Crippen LogP contribution in [0.5, 0.6) is 17.2 Å². The summed E-state index contributed by atoms with van der Waals surface area (Å²) < 4.78 is 21.4. The van der Waals surface area contributed by atoms with Crippen LogP contribution in [-0.4, -0.2) is 33.0 Å². The lowest BCUT2D eigenvalue weighted by Gasteiger charge is -2.46. The van der Waals surface area contributed by atoms with Crippen molar-refractivity contribution in [1.82, 2.24) is 0 Å². The Morgan fingerprint density at radius 2 is 1.79 bits per heavy atom. The van der Waals surface area contributed by atoms with Crippen LogP contribution in [0.25, 0.3) is 0 Å². The van der Waals surface area contributed by atoms with Gasteiger partial charge in [0.05, 0.1) is 13.2 Å². The van der Waals surface area contributed by atoms with Crippen LogP contribution < -0.4 is 19.1 Å². The predicted molar refractivity (Wildman–Crippen MR) is 86.6 cm³/mol. The van der Waals surface area contributed by atoms with E-state index in [1.165, 1.54) is 0 Å². The third kappa shape index (κ3) is 2.18. The standard InChI is InChI=1S/C18H17NO5/c1-21-13-6-4-12(5-7-13)19-16(17(22-2)18(19)20)11-3-8-14-15(9-11)24-10-23-14/h3-9,16-17H,10H2,1-2H3. The van der Waals surface area contributed by atoms with E-state index in [-0.39, 0.29) is 18.7 Å². The van der Waals surface area contributed by atoms with Crippen molar-refractivity contribution in [2.24, 2.45) is 0 Å². The summed E-state index contributed by atoms with van der Waals surface area (Å²) in [5, 5.41) is 0. The maximum absolute atomic E-state index is 12.5. The lowest BCUT2D eigenvalue weighted by atomic mass is 9.89. The Balaban J connectivity index is 1.69. The minimum atomic E-state index is -0.507. The van der Waals surface area contributed by atoms with Gasteiger partial charge in [0.15, 0.2) is 17.6 Å². The van der Waals surface area contributed by atoms with Gasteiger partial charge in [0.2, 0.25) is 6.79 Å². The van der Waals surface area contributed by atoms with E-state index in [9.17, 15) is 4.79 Å². The number of benzene rings is 2. The molecule has 124 valence electrons. The highest BCUT2D eigenvalue weighted by molar-refractivity contribution is 6.05. The number of rotatable bonds is 4. The Morgan fingerprint density at radius 3 is 2.50 bits per heavy atom. The van der Waals surface area contributed by atoms with E-state index >= 15 is 0 Å². The van der Waals surface area contributed by atoms with Crippen LogP contribution in [0.15, 0.2) is 42.5 Å². The van der Waals surface area contributed by atoms with Crippen molar-refractivity contribution in [3.05, 3.63) is 48.0 Å². The fourth-order valence-corrected chi connectivity index (χ4v) is 3.14. The monoisotopic (exact) mass is 327 g/mol. The molecule has 0 N–H and O–H groups in total. The van der Waals surface area contributed by atoms with Crippen molar-refractivity contribution in [2.75, 3.05) is 25.9 Å². The number of methoxy groups -OCH3 is 2. The fraction of sp³-hybridized carbons (Fsp3) is 0.278. The van der Waals surface area contributed by atoms with Gasteiger partial charge in [-0.2, -0.15) is 0 Å². The van der Waals surface area contributed by atoms with E-state index in [1.807, 2.05) is 42.5 Å². The molecule has 0 aromatic heterocycles. The van der Waals surface area contributed by atoms with Gasteiger partial charge in [-0.25, -0.2) is 0 Å². The Bertz CT molecular complexity index is 773. The van der Waals surface area contributed by atoms with E-state index in [4.69, 9.17) is 18.9 Å².